The third kappa shape index (κ3) is 4.34. The number of nitrogens with one attached hydrogen (secondary N) is 1. The number of ether oxygens (including phenoxy) is 1. The Kier molecular flexibility index (Phi) is 5.19. The maximum absolute atomic E-state index is 5.72. The lowest BCUT2D eigenvalue weighted by atomic mass is 10.1. The summed E-state index contributed by atoms with van der Waals surface area (Å²) < 4.78 is 5.72. The van der Waals surface area contributed by atoms with Gasteiger partial charge in [0.15, 0.2) is 0 Å². The molecule has 0 aliphatic rings. The summed E-state index contributed by atoms with van der Waals surface area (Å²) in [5.41, 5.74) is 1.26. The Hall–Kier alpha value is -1.02. The molecule has 0 saturated heterocycles. The highest BCUT2D eigenvalue weighted by molar-refractivity contribution is 5.28. The van der Waals surface area contributed by atoms with Crippen molar-refractivity contribution in [1.82, 2.24) is 5.32 Å². The van der Waals surface area contributed by atoms with Crippen LogP contribution in [0.2, 0.25) is 0 Å². The van der Waals surface area contributed by atoms with Crippen molar-refractivity contribution in [2.45, 2.75) is 26.8 Å². The Balaban J connectivity index is 2.50. The molecule has 1 aromatic rings. The SMILES string of the molecule is CCC(C)COc1cccc(CNC)c1. The summed E-state index contributed by atoms with van der Waals surface area (Å²) in [6, 6.07) is 8.26. The lowest BCUT2D eigenvalue weighted by Crippen LogP contribution is -2.08. The highest BCUT2D eigenvalue weighted by Crippen LogP contribution is 2.14. The molecule has 1 unspecified atom stereocenters. The molecule has 0 bridgehead atoms. The van der Waals surface area contributed by atoms with E-state index in [0.717, 1.165) is 25.3 Å². The van der Waals surface area contributed by atoms with Crippen LogP contribution in [0.25, 0.3) is 0 Å². The van der Waals surface area contributed by atoms with E-state index in [1.807, 2.05) is 19.2 Å². The van der Waals surface area contributed by atoms with Crippen LogP contribution in [0.5, 0.6) is 5.75 Å². The fraction of sp³-hybridized carbons (Fsp3) is 0.538. The van der Waals surface area contributed by atoms with Gasteiger partial charge in [-0.05, 0) is 30.7 Å². The van der Waals surface area contributed by atoms with E-state index in [1.165, 1.54) is 5.56 Å². The predicted molar refractivity (Wildman–Crippen MR) is 64.2 cm³/mol. The molecule has 0 aromatic heterocycles. The van der Waals surface area contributed by atoms with Crippen molar-refractivity contribution in [3.63, 3.8) is 0 Å². The van der Waals surface area contributed by atoms with Crippen LogP contribution in [0.15, 0.2) is 24.3 Å². The molecule has 1 aromatic carbocycles. The third-order valence-electron chi connectivity index (χ3n) is 2.51. The maximum atomic E-state index is 5.72. The van der Waals surface area contributed by atoms with Gasteiger partial charge in [-0.15, -0.1) is 0 Å². The molecule has 0 amide bonds. The molecule has 0 aliphatic carbocycles. The molecule has 1 atom stereocenters. The first-order valence-corrected chi connectivity index (χ1v) is 5.62. The molecule has 2 nitrogen and oxygen atoms in total. The van der Waals surface area contributed by atoms with Gasteiger partial charge >= 0.3 is 0 Å². The van der Waals surface area contributed by atoms with Gasteiger partial charge in [-0.25, -0.2) is 0 Å². The quantitative estimate of drug-likeness (QED) is 0.774. The van der Waals surface area contributed by atoms with Crippen molar-refractivity contribution in [3.05, 3.63) is 29.8 Å². The minimum absolute atomic E-state index is 0.623. The van der Waals surface area contributed by atoms with Crippen LogP contribution in [-0.2, 0) is 6.54 Å². The second-order valence-corrected chi connectivity index (χ2v) is 4.00. The Morgan fingerprint density at radius 3 is 2.87 bits per heavy atom. The van der Waals surface area contributed by atoms with Gasteiger partial charge in [0.25, 0.3) is 0 Å². The zero-order chi connectivity index (χ0) is 11.1. The van der Waals surface area contributed by atoms with Crippen LogP contribution in [-0.4, -0.2) is 13.7 Å². The largest absolute Gasteiger partial charge is 0.493 e. The van der Waals surface area contributed by atoms with Gasteiger partial charge < -0.3 is 10.1 Å². The molecule has 0 radical (unpaired) electrons. The second-order valence-electron chi connectivity index (χ2n) is 4.00. The van der Waals surface area contributed by atoms with Gasteiger partial charge in [-0.1, -0.05) is 32.4 Å². The third-order valence-corrected chi connectivity index (χ3v) is 2.51. The molecule has 2 heteroatoms. The summed E-state index contributed by atoms with van der Waals surface area (Å²) in [5.74, 6) is 1.60. The molecule has 1 N–H and O–H groups in total. The summed E-state index contributed by atoms with van der Waals surface area (Å²) >= 11 is 0. The van der Waals surface area contributed by atoms with Gasteiger partial charge in [-0.2, -0.15) is 0 Å². The van der Waals surface area contributed by atoms with E-state index in [2.05, 4.69) is 31.3 Å². The molecule has 1 rings (SSSR count). The van der Waals surface area contributed by atoms with E-state index in [9.17, 15) is 0 Å². The minimum atomic E-state index is 0.623. The summed E-state index contributed by atoms with van der Waals surface area (Å²) in [5, 5.41) is 3.13. The molecule has 0 spiro atoms. The topological polar surface area (TPSA) is 21.3 Å². The van der Waals surface area contributed by atoms with E-state index < -0.39 is 0 Å². The van der Waals surface area contributed by atoms with Crippen LogP contribution < -0.4 is 10.1 Å². The van der Waals surface area contributed by atoms with Gasteiger partial charge in [0.05, 0.1) is 6.61 Å². The normalized spacial score (nSPS) is 12.5. The van der Waals surface area contributed by atoms with Crippen molar-refractivity contribution < 1.29 is 4.74 Å². The molecular formula is C13H21NO. The molecule has 0 aliphatic heterocycles. The second kappa shape index (κ2) is 6.46. The van der Waals surface area contributed by atoms with Crippen LogP contribution in [0, 0.1) is 5.92 Å². The first-order valence-electron chi connectivity index (χ1n) is 5.62. The van der Waals surface area contributed by atoms with Crippen LogP contribution >= 0.6 is 0 Å². The number of hydrogen-bond acceptors (Lipinski definition) is 2. The molecule has 15 heavy (non-hydrogen) atoms. The monoisotopic (exact) mass is 207 g/mol. The van der Waals surface area contributed by atoms with Crippen LogP contribution in [0.3, 0.4) is 0 Å². The lowest BCUT2D eigenvalue weighted by Gasteiger charge is -2.11. The average molecular weight is 207 g/mol. The van der Waals surface area contributed by atoms with E-state index in [1.54, 1.807) is 0 Å². The van der Waals surface area contributed by atoms with Crippen LogP contribution in [0.4, 0.5) is 0 Å². The summed E-state index contributed by atoms with van der Waals surface area (Å²) in [6.45, 7) is 6.09. The van der Waals surface area contributed by atoms with Crippen molar-refractivity contribution >= 4 is 0 Å². The first kappa shape index (κ1) is 12.1. The summed E-state index contributed by atoms with van der Waals surface area (Å²) in [4.78, 5) is 0. The highest BCUT2D eigenvalue weighted by Gasteiger charge is 2.00. The zero-order valence-corrected chi connectivity index (χ0v) is 9.92. The maximum Gasteiger partial charge on any atom is 0.119 e. The smallest absolute Gasteiger partial charge is 0.119 e. The Morgan fingerprint density at radius 1 is 1.40 bits per heavy atom. The minimum Gasteiger partial charge on any atom is -0.493 e. The van der Waals surface area contributed by atoms with E-state index in [0.29, 0.717) is 5.92 Å². The number of benzene rings is 1. The molecular weight excluding hydrogens is 186 g/mol. The van der Waals surface area contributed by atoms with Crippen molar-refractivity contribution in [3.8, 4) is 5.75 Å². The highest BCUT2D eigenvalue weighted by atomic mass is 16.5. The Labute approximate surface area is 92.6 Å². The average Bonchev–Trinajstić information content (AvgIpc) is 2.27. The van der Waals surface area contributed by atoms with Gasteiger partial charge in [0.2, 0.25) is 0 Å². The van der Waals surface area contributed by atoms with Crippen molar-refractivity contribution in [2.24, 2.45) is 5.92 Å². The Morgan fingerprint density at radius 2 is 2.20 bits per heavy atom. The van der Waals surface area contributed by atoms with Crippen molar-refractivity contribution in [1.29, 1.82) is 0 Å². The fourth-order valence-corrected chi connectivity index (χ4v) is 1.31. The molecule has 84 valence electrons. The molecule has 0 saturated carbocycles. The number of hydrogen-bond donors (Lipinski definition) is 1. The van der Waals surface area contributed by atoms with Gasteiger partial charge in [0, 0.05) is 6.54 Å². The van der Waals surface area contributed by atoms with E-state index in [-0.39, 0.29) is 0 Å². The van der Waals surface area contributed by atoms with Crippen molar-refractivity contribution in [2.75, 3.05) is 13.7 Å². The predicted octanol–water partition coefficient (Wildman–Crippen LogP) is 2.83. The van der Waals surface area contributed by atoms with E-state index >= 15 is 0 Å². The Bertz CT molecular complexity index is 286. The standard InChI is InChI=1S/C13H21NO/c1-4-11(2)10-15-13-7-5-6-12(8-13)9-14-3/h5-8,11,14H,4,9-10H2,1-3H3. The van der Waals surface area contributed by atoms with Crippen LogP contribution in [0.1, 0.15) is 25.8 Å². The van der Waals surface area contributed by atoms with Gasteiger partial charge in [0.1, 0.15) is 5.75 Å². The molecule has 0 heterocycles. The summed E-state index contributed by atoms with van der Waals surface area (Å²) in [7, 11) is 1.95. The zero-order valence-electron chi connectivity index (χ0n) is 9.92. The molecule has 0 fully saturated rings. The van der Waals surface area contributed by atoms with Gasteiger partial charge in [-0.3, -0.25) is 0 Å². The fourth-order valence-electron chi connectivity index (χ4n) is 1.31. The summed E-state index contributed by atoms with van der Waals surface area (Å²) in [6.07, 6.45) is 1.16. The first-order chi connectivity index (χ1) is 7.26. The lowest BCUT2D eigenvalue weighted by molar-refractivity contribution is 0.256. The number of rotatable bonds is 6. The van der Waals surface area contributed by atoms with E-state index in [4.69, 9.17) is 4.74 Å².